The van der Waals surface area contributed by atoms with E-state index in [9.17, 15) is 14.2 Å². The monoisotopic (exact) mass is 700 g/mol. The molecule has 16 nitrogen and oxygen atoms in total. The van der Waals surface area contributed by atoms with Crippen molar-refractivity contribution in [1.82, 2.24) is 14.2 Å². The van der Waals surface area contributed by atoms with Gasteiger partial charge in [0.25, 0.3) is 14.1 Å². The minimum atomic E-state index is -3.79. The summed E-state index contributed by atoms with van der Waals surface area (Å²) in [7, 11) is -4.09. The molecule has 47 heavy (non-hydrogen) atoms. The largest absolute Gasteiger partial charge is 0.382 e. The number of aromatic nitrogens is 2. The second-order valence-electron chi connectivity index (χ2n) is 11.0. The number of nitrogens with one attached hydrogen (secondary N) is 1. The van der Waals surface area contributed by atoms with Crippen LogP contribution in [0.1, 0.15) is 45.9 Å². The maximum Gasteiger partial charge on any atom is 0.331 e. The Hall–Kier alpha value is -2.51. The molecule has 0 amide bonds. The predicted molar refractivity (Wildman–Crippen MR) is 175 cm³/mol. The summed E-state index contributed by atoms with van der Waals surface area (Å²) in [5.74, 6) is 0. The average Bonchev–Trinajstić information content (AvgIpc) is 3.34. The number of ether oxygens (including phenoxy) is 3. The molecule has 0 aromatic carbocycles. The van der Waals surface area contributed by atoms with Crippen LogP contribution in [0.15, 0.2) is 15.8 Å². The molecule has 2 rings (SSSR count). The molecule has 1 unspecified atom stereocenters. The Bertz CT molecular complexity index is 1370. The molecule has 1 aromatic rings. The number of hydrogen-bond donors (Lipinski definition) is 1. The molecular weight excluding hydrogens is 654 g/mol. The van der Waals surface area contributed by atoms with Crippen molar-refractivity contribution in [2.45, 2.75) is 77.7 Å². The van der Waals surface area contributed by atoms with Crippen molar-refractivity contribution in [3.8, 4) is 0 Å². The molecule has 1 saturated heterocycles. The maximum absolute atomic E-state index is 13.7. The zero-order valence-corrected chi connectivity index (χ0v) is 29.6. The van der Waals surface area contributed by atoms with Crippen LogP contribution in [-0.2, 0) is 36.9 Å². The van der Waals surface area contributed by atoms with E-state index in [2.05, 4.69) is 19.5 Å². The van der Waals surface area contributed by atoms with Gasteiger partial charge in [-0.3, -0.25) is 18.9 Å². The lowest BCUT2D eigenvalue weighted by molar-refractivity contribution is -0.0786. The number of nitrogens with zero attached hydrogens (tertiary/aromatic N) is 5. The Labute approximate surface area is 277 Å². The van der Waals surface area contributed by atoms with Crippen LogP contribution in [0.2, 0.25) is 0 Å². The van der Waals surface area contributed by atoms with Gasteiger partial charge in [-0.2, -0.15) is 0 Å². The lowest BCUT2D eigenvalue weighted by Gasteiger charge is -2.38. The molecule has 5 atom stereocenters. The van der Waals surface area contributed by atoms with Gasteiger partial charge in [0.2, 0.25) is 19.6 Å². The van der Waals surface area contributed by atoms with Crippen LogP contribution in [0.5, 0.6) is 0 Å². The fourth-order valence-electron chi connectivity index (χ4n) is 4.81. The lowest BCUT2D eigenvalue weighted by atomic mass is 10.1. The van der Waals surface area contributed by atoms with Crippen LogP contribution < -0.4 is 11.2 Å². The molecule has 1 aliphatic rings. The average molecular weight is 701 g/mol. The van der Waals surface area contributed by atoms with Gasteiger partial charge in [-0.05, 0) is 41.0 Å². The Morgan fingerprint density at radius 2 is 1.57 bits per heavy atom. The Morgan fingerprint density at radius 3 is 2.13 bits per heavy atom. The SMILES string of the molecule is [C-]#[N+]CCOP(O[C@H]1[C@@H](OCCOC)[C@H](n2cc(C)c(=O)[nH]c2=O)O[C@@H]1CCP(=O)(OCC[N+]#[C-])OCC[N+]#[C-])N(C(C)C)C(C)C. The molecule has 0 radical (unpaired) electrons. The summed E-state index contributed by atoms with van der Waals surface area (Å²) >= 11 is 0. The fourth-order valence-corrected chi connectivity index (χ4v) is 8.19. The van der Waals surface area contributed by atoms with Gasteiger partial charge < -0.3 is 46.8 Å². The van der Waals surface area contributed by atoms with Crippen molar-refractivity contribution in [3.63, 3.8) is 0 Å². The van der Waals surface area contributed by atoms with Gasteiger partial charge in [-0.15, -0.1) is 0 Å². The predicted octanol–water partition coefficient (Wildman–Crippen LogP) is 3.90. The van der Waals surface area contributed by atoms with Gasteiger partial charge >= 0.3 is 13.3 Å². The third-order valence-electron chi connectivity index (χ3n) is 6.84. The summed E-state index contributed by atoms with van der Waals surface area (Å²) < 4.78 is 58.9. The Kier molecular flexibility index (Phi) is 18.0. The third kappa shape index (κ3) is 12.5. The highest BCUT2D eigenvalue weighted by Gasteiger charge is 2.50. The van der Waals surface area contributed by atoms with E-state index in [-0.39, 0.29) is 82.9 Å². The van der Waals surface area contributed by atoms with Crippen LogP contribution in [0.25, 0.3) is 14.5 Å². The first-order valence-corrected chi connectivity index (χ1v) is 18.1. The summed E-state index contributed by atoms with van der Waals surface area (Å²) in [6.45, 7) is 31.1. The fraction of sp³-hybridized carbons (Fsp3) is 0.759. The second kappa shape index (κ2) is 20.8. The van der Waals surface area contributed by atoms with E-state index < -0.39 is 51.9 Å². The van der Waals surface area contributed by atoms with E-state index in [1.54, 1.807) is 6.92 Å². The number of rotatable bonds is 22. The van der Waals surface area contributed by atoms with Crippen molar-refractivity contribution in [2.75, 3.05) is 65.9 Å². The van der Waals surface area contributed by atoms with Crippen LogP contribution in [0.4, 0.5) is 0 Å². The van der Waals surface area contributed by atoms with Crippen molar-refractivity contribution in [3.05, 3.63) is 66.8 Å². The van der Waals surface area contributed by atoms with E-state index in [4.69, 9.17) is 52.0 Å². The van der Waals surface area contributed by atoms with Gasteiger partial charge in [0.05, 0.1) is 25.5 Å². The van der Waals surface area contributed by atoms with Gasteiger partial charge in [-0.25, -0.2) is 29.2 Å². The molecule has 0 spiro atoms. The minimum Gasteiger partial charge on any atom is -0.382 e. The summed E-state index contributed by atoms with van der Waals surface area (Å²) in [5.41, 5.74) is -0.991. The number of aromatic amines is 1. The van der Waals surface area contributed by atoms with E-state index in [1.807, 2.05) is 32.4 Å². The molecule has 0 bridgehead atoms. The normalized spacial score (nSPS) is 20.4. The summed E-state index contributed by atoms with van der Waals surface area (Å²) in [6, 6.07) is -0.0373. The van der Waals surface area contributed by atoms with Crippen molar-refractivity contribution < 1.29 is 36.9 Å². The van der Waals surface area contributed by atoms with Crippen LogP contribution in [0, 0.1) is 26.6 Å². The highest BCUT2D eigenvalue weighted by molar-refractivity contribution is 7.53. The van der Waals surface area contributed by atoms with E-state index in [1.165, 1.54) is 17.9 Å². The molecular formula is C29H46N6O10P2. The summed E-state index contributed by atoms with van der Waals surface area (Å²) in [4.78, 5) is 37.5. The highest BCUT2D eigenvalue weighted by Crippen LogP contribution is 2.53. The third-order valence-corrected chi connectivity index (χ3v) is 10.9. The quantitative estimate of drug-likeness (QED) is 0.107. The maximum atomic E-state index is 13.7. The molecule has 2 heterocycles. The van der Waals surface area contributed by atoms with Crippen LogP contribution in [0.3, 0.4) is 0 Å². The Morgan fingerprint density at radius 1 is 0.979 bits per heavy atom. The first kappa shape index (κ1) is 40.7. The first-order chi connectivity index (χ1) is 22.4. The standard InChI is InChI=1S/C29H46N6O10P2/c1-21(2)35(22(3)4)46(41-14-11-30-6)45-25-24(10-19-47(38,42-15-12-31-7)43-16-13-32-8)44-28(26(25)40-18-17-39-9)34-20-23(5)27(36)33-29(34)37/h20-22,24-26,28H,10-19H2,1-5,9H3,(H,33,36,37)/t24-,25-,26-,28-,46?/m1/s1. The lowest BCUT2D eigenvalue weighted by Crippen LogP contribution is -2.42. The topological polar surface area (TPSA) is 153 Å². The smallest absolute Gasteiger partial charge is 0.331 e. The van der Waals surface area contributed by atoms with Gasteiger partial charge in [0, 0.05) is 31.0 Å². The Balaban J connectivity index is 2.61. The molecule has 1 aliphatic heterocycles. The van der Waals surface area contributed by atoms with E-state index in [0.29, 0.717) is 0 Å². The first-order valence-electron chi connectivity index (χ1n) is 15.3. The molecule has 0 saturated carbocycles. The van der Waals surface area contributed by atoms with Crippen molar-refractivity contribution in [1.29, 1.82) is 0 Å². The molecule has 18 heteroatoms. The zero-order valence-electron chi connectivity index (χ0n) is 27.8. The second-order valence-corrected chi connectivity index (χ2v) is 14.6. The zero-order chi connectivity index (χ0) is 35.0. The molecule has 1 fully saturated rings. The van der Waals surface area contributed by atoms with Crippen molar-refractivity contribution >= 4 is 16.1 Å². The minimum absolute atomic E-state index is 0.0186. The number of aryl methyl sites for hydroxylation is 1. The van der Waals surface area contributed by atoms with Gasteiger partial charge in [0.15, 0.2) is 6.23 Å². The highest BCUT2D eigenvalue weighted by atomic mass is 31.2. The van der Waals surface area contributed by atoms with Crippen molar-refractivity contribution in [2.24, 2.45) is 0 Å². The summed E-state index contributed by atoms with van der Waals surface area (Å²) in [6.07, 6.45) is -2.50. The molecule has 1 N–H and O–H groups in total. The number of methoxy groups -OCH3 is 1. The van der Waals surface area contributed by atoms with E-state index in [0.717, 1.165) is 0 Å². The van der Waals surface area contributed by atoms with Gasteiger partial charge in [0.1, 0.15) is 32.0 Å². The van der Waals surface area contributed by atoms with Crippen LogP contribution >= 0.6 is 16.1 Å². The molecule has 1 aromatic heterocycles. The number of hydrogen-bond acceptors (Lipinski definition) is 11. The number of H-pyrrole nitrogens is 1. The molecule has 0 aliphatic carbocycles. The van der Waals surface area contributed by atoms with E-state index >= 15 is 0 Å². The van der Waals surface area contributed by atoms with Crippen LogP contribution in [-0.4, -0.2) is 111 Å². The van der Waals surface area contributed by atoms with Gasteiger partial charge in [-0.1, -0.05) is 0 Å². The summed E-state index contributed by atoms with van der Waals surface area (Å²) in [5, 5.41) is 0. The molecule has 262 valence electrons.